The van der Waals surface area contributed by atoms with Gasteiger partial charge in [0, 0.05) is 17.2 Å². The van der Waals surface area contributed by atoms with Gasteiger partial charge in [0.1, 0.15) is 5.75 Å². The van der Waals surface area contributed by atoms with Gasteiger partial charge in [-0.2, -0.15) is 5.10 Å². The van der Waals surface area contributed by atoms with Crippen molar-refractivity contribution < 1.29 is 4.74 Å². The third kappa shape index (κ3) is 2.53. The third-order valence-corrected chi connectivity index (χ3v) is 4.97. The summed E-state index contributed by atoms with van der Waals surface area (Å²) in [6.45, 7) is 4.33. The molecule has 2 aromatic carbocycles. The predicted octanol–water partition coefficient (Wildman–Crippen LogP) is 4.95. The van der Waals surface area contributed by atoms with E-state index in [-0.39, 0.29) is 5.41 Å². The van der Waals surface area contributed by atoms with E-state index in [0.717, 1.165) is 34.0 Å². The fraction of sp³-hybridized carbons (Fsp3) is 0.200. The normalized spacial score (nSPS) is 15.0. The number of aliphatic imine (C=N–C) groups is 1. The van der Waals surface area contributed by atoms with Gasteiger partial charge in [-0.1, -0.05) is 37.6 Å². The molecule has 5 heteroatoms. The van der Waals surface area contributed by atoms with Crippen LogP contribution in [0.2, 0.25) is 5.02 Å². The van der Waals surface area contributed by atoms with Crippen molar-refractivity contribution in [3.05, 3.63) is 71.0 Å². The first-order chi connectivity index (χ1) is 12.0. The Morgan fingerprint density at radius 2 is 1.84 bits per heavy atom. The van der Waals surface area contributed by atoms with Gasteiger partial charge < -0.3 is 4.74 Å². The molecule has 2 heterocycles. The van der Waals surface area contributed by atoms with Crippen molar-refractivity contribution >= 4 is 23.0 Å². The summed E-state index contributed by atoms with van der Waals surface area (Å²) in [4.78, 5) is 4.82. The van der Waals surface area contributed by atoms with E-state index in [0.29, 0.717) is 5.02 Å². The van der Waals surface area contributed by atoms with E-state index in [4.69, 9.17) is 21.3 Å². The summed E-state index contributed by atoms with van der Waals surface area (Å²) in [5.74, 6) is 0.822. The molecule has 0 atom stereocenters. The Bertz CT molecular complexity index is 971. The number of aromatic nitrogens is 2. The lowest BCUT2D eigenvalue weighted by molar-refractivity contribution is 0.414. The van der Waals surface area contributed by atoms with Crippen LogP contribution in [0.4, 0.5) is 5.69 Å². The van der Waals surface area contributed by atoms with Gasteiger partial charge in [-0.25, -0.2) is 9.67 Å². The van der Waals surface area contributed by atoms with E-state index in [1.165, 1.54) is 0 Å². The van der Waals surface area contributed by atoms with Crippen molar-refractivity contribution in [3.8, 4) is 11.4 Å². The Kier molecular flexibility index (Phi) is 3.65. The van der Waals surface area contributed by atoms with Crippen molar-refractivity contribution in [3.63, 3.8) is 0 Å². The highest BCUT2D eigenvalue weighted by Gasteiger charge is 2.37. The molecular weight excluding hydrogens is 334 g/mol. The van der Waals surface area contributed by atoms with Crippen molar-refractivity contribution in [1.82, 2.24) is 9.78 Å². The summed E-state index contributed by atoms with van der Waals surface area (Å²) in [7, 11) is 1.66. The fourth-order valence-electron chi connectivity index (χ4n) is 3.26. The molecule has 4 rings (SSSR count). The van der Waals surface area contributed by atoms with E-state index in [1.54, 1.807) is 7.11 Å². The number of methoxy groups -OCH3 is 1. The van der Waals surface area contributed by atoms with Gasteiger partial charge in [0.2, 0.25) is 0 Å². The monoisotopic (exact) mass is 351 g/mol. The molecule has 0 spiro atoms. The van der Waals surface area contributed by atoms with Crippen LogP contribution < -0.4 is 4.74 Å². The van der Waals surface area contributed by atoms with Crippen LogP contribution in [0, 0.1) is 0 Å². The smallest absolute Gasteiger partial charge is 0.119 e. The SMILES string of the molecule is COc1ccc(-n2cc(C3=Nc4c(Cl)cccc4C3(C)C)cn2)cc1. The molecule has 25 heavy (non-hydrogen) atoms. The number of halogens is 1. The van der Waals surface area contributed by atoms with Crippen LogP contribution in [-0.2, 0) is 5.41 Å². The summed E-state index contributed by atoms with van der Waals surface area (Å²) >= 11 is 6.34. The second kappa shape index (κ2) is 5.74. The zero-order chi connectivity index (χ0) is 17.6. The molecule has 0 radical (unpaired) electrons. The minimum Gasteiger partial charge on any atom is -0.497 e. The van der Waals surface area contributed by atoms with Crippen LogP contribution in [0.15, 0.2) is 59.9 Å². The van der Waals surface area contributed by atoms with Crippen LogP contribution in [0.3, 0.4) is 0 Å². The molecular formula is C20H18ClN3O. The summed E-state index contributed by atoms with van der Waals surface area (Å²) in [6.07, 6.45) is 3.85. The average molecular weight is 352 g/mol. The van der Waals surface area contributed by atoms with Gasteiger partial charge in [0.15, 0.2) is 0 Å². The molecule has 0 fully saturated rings. The number of benzene rings is 2. The van der Waals surface area contributed by atoms with Gasteiger partial charge in [-0.3, -0.25) is 0 Å². The molecule has 0 saturated carbocycles. The summed E-state index contributed by atoms with van der Waals surface area (Å²) in [5, 5.41) is 5.18. The van der Waals surface area contributed by atoms with E-state index in [1.807, 2.05) is 53.5 Å². The van der Waals surface area contributed by atoms with Crippen molar-refractivity contribution in [2.75, 3.05) is 7.11 Å². The topological polar surface area (TPSA) is 39.4 Å². The molecule has 1 aliphatic rings. The Morgan fingerprint density at radius 3 is 2.52 bits per heavy atom. The molecule has 0 aliphatic carbocycles. The molecule has 0 bridgehead atoms. The number of fused-ring (bicyclic) bond motifs is 1. The second-order valence-corrected chi connectivity index (χ2v) is 7.00. The van der Waals surface area contributed by atoms with Crippen LogP contribution in [0.25, 0.3) is 5.69 Å². The number of hydrogen-bond acceptors (Lipinski definition) is 3. The number of rotatable bonds is 3. The van der Waals surface area contributed by atoms with Crippen molar-refractivity contribution in [2.24, 2.45) is 4.99 Å². The minimum absolute atomic E-state index is 0.214. The first kappa shape index (κ1) is 15.9. The third-order valence-electron chi connectivity index (χ3n) is 4.67. The van der Waals surface area contributed by atoms with Gasteiger partial charge in [0.05, 0.1) is 35.4 Å². The molecule has 0 amide bonds. The van der Waals surface area contributed by atoms with Crippen molar-refractivity contribution in [1.29, 1.82) is 0 Å². The molecule has 0 unspecified atom stereocenters. The van der Waals surface area contributed by atoms with Gasteiger partial charge >= 0.3 is 0 Å². The van der Waals surface area contributed by atoms with Crippen LogP contribution in [-0.4, -0.2) is 22.6 Å². The Labute approximate surface area is 151 Å². The molecule has 1 aromatic heterocycles. The van der Waals surface area contributed by atoms with E-state index >= 15 is 0 Å². The van der Waals surface area contributed by atoms with E-state index in [9.17, 15) is 0 Å². The maximum atomic E-state index is 6.34. The summed E-state index contributed by atoms with van der Waals surface area (Å²) in [5.41, 5.74) is 4.74. The van der Waals surface area contributed by atoms with Crippen molar-refractivity contribution in [2.45, 2.75) is 19.3 Å². The summed E-state index contributed by atoms with van der Waals surface area (Å²) < 4.78 is 7.05. The summed E-state index contributed by atoms with van der Waals surface area (Å²) in [6, 6.07) is 13.7. The highest BCUT2D eigenvalue weighted by Crippen LogP contribution is 2.45. The molecule has 0 N–H and O–H groups in total. The number of nitrogens with zero attached hydrogens (tertiary/aromatic N) is 3. The lowest BCUT2D eigenvalue weighted by atomic mass is 9.80. The fourth-order valence-corrected chi connectivity index (χ4v) is 3.48. The number of hydrogen-bond donors (Lipinski definition) is 0. The van der Waals surface area contributed by atoms with E-state index in [2.05, 4.69) is 25.0 Å². The molecule has 1 aliphatic heterocycles. The maximum Gasteiger partial charge on any atom is 0.119 e. The first-order valence-corrected chi connectivity index (χ1v) is 8.46. The molecule has 126 valence electrons. The zero-order valence-electron chi connectivity index (χ0n) is 14.3. The first-order valence-electron chi connectivity index (χ1n) is 8.08. The second-order valence-electron chi connectivity index (χ2n) is 6.59. The largest absolute Gasteiger partial charge is 0.497 e. The number of ether oxygens (including phenoxy) is 1. The van der Waals surface area contributed by atoms with Gasteiger partial charge in [-0.15, -0.1) is 0 Å². The number of para-hydroxylation sites is 1. The lowest BCUT2D eigenvalue weighted by Crippen LogP contribution is -2.26. The van der Waals surface area contributed by atoms with Gasteiger partial charge in [0.25, 0.3) is 0 Å². The Morgan fingerprint density at radius 1 is 1.08 bits per heavy atom. The molecule has 3 aromatic rings. The Hall–Kier alpha value is -2.59. The standard InChI is InChI=1S/C20H18ClN3O/c1-20(2)16-5-4-6-17(21)18(16)23-19(20)13-11-22-24(12-13)14-7-9-15(25-3)10-8-14/h4-12H,1-3H3. The van der Waals surface area contributed by atoms with Crippen LogP contribution in [0.5, 0.6) is 5.75 Å². The maximum absolute atomic E-state index is 6.34. The lowest BCUT2D eigenvalue weighted by Gasteiger charge is -2.21. The molecule has 4 nitrogen and oxygen atoms in total. The molecule has 0 saturated heterocycles. The average Bonchev–Trinajstić information content (AvgIpc) is 3.19. The minimum atomic E-state index is -0.214. The van der Waals surface area contributed by atoms with Crippen LogP contribution in [0.1, 0.15) is 25.0 Å². The predicted molar refractivity (Wildman–Crippen MR) is 101 cm³/mol. The highest BCUT2D eigenvalue weighted by molar-refractivity contribution is 6.34. The van der Waals surface area contributed by atoms with E-state index < -0.39 is 0 Å². The van der Waals surface area contributed by atoms with Crippen LogP contribution >= 0.6 is 11.6 Å². The highest BCUT2D eigenvalue weighted by atomic mass is 35.5. The Balaban J connectivity index is 1.73. The quantitative estimate of drug-likeness (QED) is 0.670. The zero-order valence-corrected chi connectivity index (χ0v) is 15.1. The van der Waals surface area contributed by atoms with Gasteiger partial charge in [-0.05, 0) is 35.9 Å².